The maximum Gasteiger partial charge on any atom is 0.254 e. The van der Waals surface area contributed by atoms with Gasteiger partial charge in [-0.2, -0.15) is 0 Å². The summed E-state index contributed by atoms with van der Waals surface area (Å²) < 4.78 is 26.4. The zero-order valence-electron chi connectivity index (χ0n) is 10.3. The highest BCUT2D eigenvalue weighted by Crippen LogP contribution is 2.38. The molecule has 2 unspecified atom stereocenters. The molecule has 0 aromatic heterocycles. The van der Waals surface area contributed by atoms with E-state index in [1.165, 1.54) is 0 Å². The van der Waals surface area contributed by atoms with Crippen LogP contribution in [0.3, 0.4) is 0 Å². The molecule has 2 nitrogen and oxygen atoms in total. The lowest BCUT2D eigenvalue weighted by atomic mass is 10.0. The Morgan fingerprint density at radius 3 is 2.16 bits per heavy atom. The Labute approximate surface area is 115 Å². The number of benzene rings is 1. The molecule has 19 heavy (non-hydrogen) atoms. The fourth-order valence-electron chi connectivity index (χ4n) is 3.27. The molecule has 0 aliphatic carbocycles. The number of fused-ring (bicyclic) bond motifs is 2. The zero-order valence-corrected chi connectivity index (χ0v) is 11.0. The number of hydrogen-bond acceptors (Lipinski definition) is 1. The van der Waals surface area contributed by atoms with E-state index in [0.717, 1.165) is 43.9 Å². The van der Waals surface area contributed by atoms with E-state index in [1.54, 1.807) is 4.90 Å². The standard InChI is InChI=1S/C14H14ClF2NO/c15-9-5-12-1-2-13(6-9)18(12)14(19)8-3-10(16)7-11(17)4-8/h3-4,7,9,12-13H,1-2,5-6H2. The van der Waals surface area contributed by atoms with Gasteiger partial charge in [0, 0.05) is 29.1 Å². The van der Waals surface area contributed by atoms with Crippen LogP contribution in [-0.2, 0) is 0 Å². The van der Waals surface area contributed by atoms with Crippen LogP contribution < -0.4 is 0 Å². The SMILES string of the molecule is O=C(c1cc(F)cc(F)c1)N1C2CCC1CC(Cl)C2. The minimum atomic E-state index is -0.720. The maximum absolute atomic E-state index is 13.2. The average molecular weight is 286 g/mol. The van der Waals surface area contributed by atoms with E-state index >= 15 is 0 Å². The largest absolute Gasteiger partial charge is 0.333 e. The van der Waals surface area contributed by atoms with Crippen molar-refractivity contribution in [2.24, 2.45) is 0 Å². The first-order valence-corrected chi connectivity index (χ1v) is 6.91. The highest BCUT2D eigenvalue weighted by atomic mass is 35.5. The van der Waals surface area contributed by atoms with E-state index in [4.69, 9.17) is 11.6 Å². The molecule has 2 saturated heterocycles. The van der Waals surface area contributed by atoms with Crippen molar-refractivity contribution in [2.45, 2.75) is 43.1 Å². The Morgan fingerprint density at radius 1 is 1.11 bits per heavy atom. The Kier molecular flexibility index (Phi) is 3.21. The summed E-state index contributed by atoms with van der Waals surface area (Å²) in [5, 5.41) is 0.103. The predicted octanol–water partition coefficient (Wildman–Crippen LogP) is 3.34. The molecular formula is C14H14ClF2NO. The molecule has 2 atom stereocenters. The highest BCUT2D eigenvalue weighted by molar-refractivity contribution is 6.20. The summed E-state index contributed by atoms with van der Waals surface area (Å²) in [6.07, 6.45) is 3.39. The summed E-state index contributed by atoms with van der Waals surface area (Å²) in [5.74, 6) is -1.72. The first-order chi connectivity index (χ1) is 9.04. The van der Waals surface area contributed by atoms with Gasteiger partial charge in [-0.15, -0.1) is 11.6 Å². The third-order valence-electron chi connectivity index (χ3n) is 4.02. The van der Waals surface area contributed by atoms with Crippen molar-refractivity contribution in [1.29, 1.82) is 0 Å². The van der Waals surface area contributed by atoms with Crippen molar-refractivity contribution < 1.29 is 13.6 Å². The molecule has 3 rings (SSSR count). The monoisotopic (exact) mass is 285 g/mol. The average Bonchev–Trinajstić information content (AvgIpc) is 2.59. The first kappa shape index (κ1) is 12.9. The minimum absolute atomic E-state index is 0.0856. The van der Waals surface area contributed by atoms with Crippen LogP contribution in [0, 0.1) is 11.6 Å². The third kappa shape index (κ3) is 2.34. The van der Waals surface area contributed by atoms with Gasteiger partial charge in [0.25, 0.3) is 5.91 Å². The van der Waals surface area contributed by atoms with Crippen LogP contribution in [0.25, 0.3) is 0 Å². The molecule has 0 spiro atoms. The molecule has 102 valence electrons. The van der Waals surface area contributed by atoms with Crippen LogP contribution in [0.15, 0.2) is 18.2 Å². The maximum atomic E-state index is 13.2. The quantitative estimate of drug-likeness (QED) is 0.725. The van der Waals surface area contributed by atoms with Gasteiger partial charge >= 0.3 is 0 Å². The second-order valence-corrected chi connectivity index (χ2v) is 5.94. The van der Waals surface area contributed by atoms with Crippen molar-refractivity contribution in [3.05, 3.63) is 35.4 Å². The van der Waals surface area contributed by atoms with E-state index in [2.05, 4.69) is 0 Å². The van der Waals surface area contributed by atoms with Gasteiger partial charge in [-0.3, -0.25) is 4.79 Å². The number of alkyl halides is 1. The van der Waals surface area contributed by atoms with Gasteiger partial charge in [0.2, 0.25) is 0 Å². The molecule has 2 fully saturated rings. The van der Waals surface area contributed by atoms with Crippen LogP contribution in [-0.4, -0.2) is 28.3 Å². The summed E-state index contributed by atoms with van der Waals surface area (Å²) in [6, 6.07) is 3.19. The second-order valence-electron chi connectivity index (χ2n) is 5.32. The smallest absolute Gasteiger partial charge is 0.254 e. The topological polar surface area (TPSA) is 20.3 Å². The predicted molar refractivity (Wildman–Crippen MR) is 68.2 cm³/mol. The Morgan fingerprint density at radius 2 is 1.63 bits per heavy atom. The van der Waals surface area contributed by atoms with Crippen molar-refractivity contribution in [2.75, 3.05) is 0 Å². The highest BCUT2D eigenvalue weighted by Gasteiger charge is 2.42. The van der Waals surface area contributed by atoms with Crippen LogP contribution in [0.2, 0.25) is 0 Å². The number of amides is 1. The summed E-state index contributed by atoms with van der Waals surface area (Å²) in [5.41, 5.74) is 0.0856. The van der Waals surface area contributed by atoms with Crippen molar-refractivity contribution in [3.8, 4) is 0 Å². The molecule has 1 aromatic rings. The normalized spacial score (nSPS) is 29.6. The lowest BCUT2D eigenvalue weighted by Gasteiger charge is -2.37. The Bertz CT molecular complexity index is 488. The number of carbonyl (C=O) groups excluding carboxylic acids is 1. The molecule has 2 heterocycles. The molecule has 0 N–H and O–H groups in total. The first-order valence-electron chi connectivity index (χ1n) is 6.47. The number of halogens is 3. The minimum Gasteiger partial charge on any atom is -0.333 e. The van der Waals surface area contributed by atoms with E-state index in [9.17, 15) is 13.6 Å². The number of hydrogen-bond donors (Lipinski definition) is 0. The molecular weight excluding hydrogens is 272 g/mol. The summed E-state index contributed by atoms with van der Waals surface area (Å²) >= 11 is 6.15. The molecule has 5 heteroatoms. The van der Waals surface area contributed by atoms with Crippen LogP contribution in [0.4, 0.5) is 8.78 Å². The summed E-state index contributed by atoms with van der Waals surface area (Å²) in [6.45, 7) is 0. The molecule has 1 aromatic carbocycles. The summed E-state index contributed by atoms with van der Waals surface area (Å²) in [4.78, 5) is 14.2. The van der Waals surface area contributed by atoms with Crippen molar-refractivity contribution >= 4 is 17.5 Å². The fraction of sp³-hybridized carbons (Fsp3) is 0.500. The van der Waals surface area contributed by atoms with Crippen LogP contribution >= 0.6 is 11.6 Å². The number of rotatable bonds is 1. The van der Waals surface area contributed by atoms with E-state index in [-0.39, 0.29) is 28.9 Å². The van der Waals surface area contributed by atoms with Gasteiger partial charge in [-0.05, 0) is 37.8 Å². The van der Waals surface area contributed by atoms with Crippen LogP contribution in [0.5, 0.6) is 0 Å². The van der Waals surface area contributed by atoms with E-state index in [1.807, 2.05) is 0 Å². The van der Waals surface area contributed by atoms with Crippen LogP contribution in [0.1, 0.15) is 36.0 Å². The lowest BCUT2D eigenvalue weighted by molar-refractivity contribution is 0.0598. The number of carbonyl (C=O) groups is 1. The van der Waals surface area contributed by atoms with Gasteiger partial charge in [0.15, 0.2) is 0 Å². The van der Waals surface area contributed by atoms with E-state index < -0.39 is 11.6 Å². The molecule has 2 aliphatic rings. The van der Waals surface area contributed by atoms with Crippen molar-refractivity contribution in [1.82, 2.24) is 4.90 Å². The van der Waals surface area contributed by atoms with Gasteiger partial charge in [0.05, 0.1) is 0 Å². The zero-order chi connectivity index (χ0) is 13.6. The van der Waals surface area contributed by atoms with Gasteiger partial charge in [-0.1, -0.05) is 0 Å². The number of piperidine rings is 1. The van der Waals surface area contributed by atoms with Gasteiger partial charge < -0.3 is 4.90 Å². The summed E-state index contributed by atoms with van der Waals surface area (Å²) in [7, 11) is 0. The second kappa shape index (κ2) is 4.75. The molecule has 1 amide bonds. The Hall–Kier alpha value is -1.16. The molecule has 2 aliphatic heterocycles. The lowest BCUT2D eigenvalue weighted by Crippen LogP contribution is -2.47. The van der Waals surface area contributed by atoms with Gasteiger partial charge in [-0.25, -0.2) is 8.78 Å². The fourth-order valence-corrected chi connectivity index (χ4v) is 3.68. The number of nitrogens with zero attached hydrogens (tertiary/aromatic N) is 1. The third-order valence-corrected chi connectivity index (χ3v) is 4.38. The molecule has 2 bridgehead atoms. The van der Waals surface area contributed by atoms with Gasteiger partial charge in [0.1, 0.15) is 11.6 Å². The Balaban J connectivity index is 1.88. The molecule has 0 saturated carbocycles. The van der Waals surface area contributed by atoms with Crippen molar-refractivity contribution in [3.63, 3.8) is 0 Å². The van der Waals surface area contributed by atoms with E-state index in [0.29, 0.717) is 0 Å². The molecule has 0 radical (unpaired) electrons.